The molecule has 1 aliphatic heterocycles. The molecule has 0 unspecified atom stereocenters. The largest absolute Gasteiger partial charge is 0.338 e. The Morgan fingerprint density at radius 3 is 2.89 bits per heavy atom. The van der Waals surface area contributed by atoms with Crippen LogP contribution in [-0.2, 0) is 11.2 Å². The molecule has 7 nitrogen and oxygen atoms in total. The zero-order valence-electron chi connectivity index (χ0n) is 14.6. The summed E-state index contributed by atoms with van der Waals surface area (Å²) in [6.07, 6.45) is 0.950. The molecule has 144 valence electrons. The number of hydrogen-bond acceptors (Lipinski definition) is 6. The van der Waals surface area contributed by atoms with Crippen molar-refractivity contribution in [1.29, 1.82) is 0 Å². The molecular formula is C18H16FN5O2S2. The van der Waals surface area contributed by atoms with Gasteiger partial charge in [-0.2, -0.15) is 0 Å². The number of amides is 3. The fraction of sp³-hybridized carbons (Fsp3) is 0.222. The van der Waals surface area contributed by atoms with E-state index in [9.17, 15) is 14.0 Å². The average Bonchev–Trinajstić information content (AvgIpc) is 3.32. The number of carbonyl (C=O) groups is 2. The lowest BCUT2D eigenvalue weighted by Crippen LogP contribution is -2.46. The Kier molecular flexibility index (Phi) is 5.31. The van der Waals surface area contributed by atoms with Gasteiger partial charge >= 0.3 is 6.03 Å². The molecule has 1 fully saturated rings. The Balaban J connectivity index is 1.42. The molecule has 4 rings (SSSR count). The van der Waals surface area contributed by atoms with E-state index in [0.29, 0.717) is 34.6 Å². The van der Waals surface area contributed by atoms with Crippen LogP contribution >= 0.6 is 22.7 Å². The Morgan fingerprint density at radius 2 is 2.11 bits per heavy atom. The van der Waals surface area contributed by atoms with Crippen molar-refractivity contribution in [2.75, 3.05) is 23.3 Å². The fourth-order valence-electron chi connectivity index (χ4n) is 2.80. The van der Waals surface area contributed by atoms with E-state index in [4.69, 9.17) is 0 Å². The van der Waals surface area contributed by atoms with Crippen LogP contribution < -0.4 is 15.5 Å². The summed E-state index contributed by atoms with van der Waals surface area (Å²) in [6.45, 7) is 1.29. The summed E-state index contributed by atoms with van der Waals surface area (Å²) in [6, 6.07) is 5.79. The summed E-state index contributed by atoms with van der Waals surface area (Å²) in [7, 11) is 0. The molecule has 28 heavy (non-hydrogen) atoms. The molecule has 10 heteroatoms. The van der Waals surface area contributed by atoms with Crippen LogP contribution in [0.1, 0.15) is 12.1 Å². The van der Waals surface area contributed by atoms with Crippen molar-refractivity contribution < 1.29 is 14.0 Å². The third kappa shape index (κ3) is 4.02. The second kappa shape index (κ2) is 8.03. The first-order chi connectivity index (χ1) is 13.6. The van der Waals surface area contributed by atoms with Gasteiger partial charge in [-0.15, -0.1) is 22.7 Å². The molecule has 0 aliphatic carbocycles. The van der Waals surface area contributed by atoms with Gasteiger partial charge in [0.1, 0.15) is 16.5 Å². The van der Waals surface area contributed by atoms with Crippen LogP contribution in [0.5, 0.6) is 0 Å². The van der Waals surface area contributed by atoms with Crippen LogP contribution in [0.3, 0.4) is 0 Å². The summed E-state index contributed by atoms with van der Waals surface area (Å²) < 4.78 is 13.1. The molecule has 3 amide bonds. The number of hydrogen-bond donors (Lipinski definition) is 2. The highest BCUT2D eigenvalue weighted by molar-refractivity contribution is 7.14. The van der Waals surface area contributed by atoms with Crippen LogP contribution in [0.15, 0.2) is 35.2 Å². The van der Waals surface area contributed by atoms with Gasteiger partial charge in [0.2, 0.25) is 5.91 Å². The second-order valence-corrected chi connectivity index (χ2v) is 7.81. The maximum atomic E-state index is 13.1. The minimum atomic E-state index is -0.328. The molecule has 3 heterocycles. The van der Waals surface area contributed by atoms with Crippen LogP contribution in [0, 0.1) is 5.82 Å². The van der Waals surface area contributed by atoms with Gasteiger partial charge < -0.3 is 10.6 Å². The molecule has 1 aliphatic rings. The molecule has 2 N–H and O–H groups in total. The third-order valence-electron chi connectivity index (χ3n) is 4.13. The zero-order valence-corrected chi connectivity index (χ0v) is 16.3. The van der Waals surface area contributed by atoms with E-state index in [2.05, 4.69) is 20.6 Å². The van der Waals surface area contributed by atoms with Gasteiger partial charge in [0, 0.05) is 24.0 Å². The van der Waals surface area contributed by atoms with Crippen molar-refractivity contribution in [2.45, 2.75) is 12.8 Å². The first kappa shape index (κ1) is 18.5. The van der Waals surface area contributed by atoms with Crippen LogP contribution in [0.4, 0.5) is 19.3 Å². The highest BCUT2D eigenvalue weighted by Gasteiger charge is 2.22. The fourth-order valence-corrected chi connectivity index (χ4v) is 4.36. The Hall–Kier alpha value is -2.85. The topological polar surface area (TPSA) is 87.2 Å². The predicted molar refractivity (Wildman–Crippen MR) is 107 cm³/mol. The molecule has 0 bridgehead atoms. The number of rotatable bonds is 5. The van der Waals surface area contributed by atoms with E-state index in [0.717, 1.165) is 12.0 Å². The standard InChI is InChI=1S/C18H16FN5O2S2/c19-12-4-2-11(3-5-12)15-16(28-10-21-15)23-14(25)8-13-9-27-18(22-13)24-7-1-6-20-17(24)26/h2-5,9-10H,1,6-8H2,(H,20,26)(H,23,25). The number of anilines is 2. The summed E-state index contributed by atoms with van der Waals surface area (Å²) >= 11 is 2.64. The van der Waals surface area contributed by atoms with Crippen LogP contribution in [-0.4, -0.2) is 35.0 Å². The maximum absolute atomic E-state index is 13.1. The van der Waals surface area contributed by atoms with Gasteiger partial charge in [-0.1, -0.05) is 0 Å². The second-order valence-electron chi connectivity index (χ2n) is 6.12. The van der Waals surface area contributed by atoms with E-state index >= 15 is 0 Å². The monoisotopic (exact) mass is 417 g/mol. The highest BCUT2D eigenvalue weighted by Crippen LogP contribution is 2.31. The molecule has 0 spiro atoms. The average molecular weight is 417 g/mol. The van der Waals surface area contributed by atoms with Crippen LogP contribution in [0.2, 0.25) is 0 Å². The molecular weight excluding hydrogens is 401 g/mol. The van der Waals surface area contributed by atoms with E-state index in [1.165, 1.54) is 34.8 Å². The van der Waals surface area contributed by atoms with Crippen molar-refractivity contribution in [3.8, 4) is 11.3 Å². The lowest BCUT2D eigenvalue weighted by Gasteiger charge is -2.24. The molecule has 1 aromatic carbocycles. The molecule has 3 aromatic rings. The van der Waals surface area contributed by atoms with Gasteiger partial charge in [0.05, 0.1) is 17.6 Å². The molecule has 0 saturated carbocycles. The lowest BCUT2D eigenvalue weighted by atomic mass is 10.1. The van der Waals surface area contributed by atoms with E-state index in [1.807, 2.05) is 0 Å². The Morgan fingerprint density at radius 1 is 1.29 bits per heavy atom. The number of carbonyl (C=O) groups excluding carboxylic acids is 2. The number of thiazole rings is 2. The lowest BCUT2D eigenvalue weighted by molar-refractivity contribution is -0.115. The van der Waals surface area contributed by atoms with E-state index in [-0.39, 0.29) is 24.2 Å². The number of halogens is 1. The summed E-state index contributed by atoms with van der Waals surface area (Å²) in [5, 5.41) is 8.60. The maximum Gasteiger partial charge on any atom is 0.323 e. The van der Waals surface area contributed by atoms with Crippen molar-refractivity contribution in [3.05, 3.63) is 46.7 Å². The van der Waals surface area contributed by atoms with E-state index in [1.54, 1.807) is 27.9 Å². The molecule has 0 radical (unpaired) electrons. The predicted octanol–water partition coefficient (Wildman–Crippen LogP) is 3.51. The van der Waals surface area contributed by atoms with Crippen molar-refractivity contribution in [2.24, 2.45) is 0 Å². The SMILES string of the molecule is O=C(Cc1csc(N2CCCNC2=O)n1)Nc1scnc1-c1ccc(F)cc1. The number of urea groups is 1. The van der Waals surface area contributed by atoms with Gasteiger partial charge in [-0.3, -0.25) is 9.69 Å². The number of nitrogens with one attached hydrogen (secondary N) is 2. The molecule has 0 atom stereocenters. The Bertz CT molecular complexity index is 1000. The minimum absolute atomic E-state index is 0.0900. The Labute approximate surface area is 168 Å². The van der Waals surface area contributed by atoms with E-state index < -0.39 is 0 Å². The van der Waals surface area contributed by atoms with Gasteiger partial charge in [0.15, 0.2) is 5.13 Å². The molecule has 1 saturated heterocycles. The van der Waals surface area contributed by atoms with Crippen LogP contribution in [0.25, 0.3) is 11.3 Å². The summed E-state index contributed by atoms with van der Waals surface area (Å²) in [5.41, 5.74) is 3.56. The summed E-state index contributed by atoms with van der Waals surface area (Å²) in [4.78, 5) is 34.6. The van der Waals surface area contributed by atoms with Gasteiger partial charge in [0.25, 0.3) is 0 Å². The van der Waals surface area contributed by atoms with Crippen molar-refractivity contribution >= 4 is 44.7 Å². The number of benzene rings is 1. The highest BCUT2D eigenvalue weighted by atomic mass is 32.1. The van der Waals surface area contributed by atoms with Crippen molar-refractivity contribution in [3.63, 3.8) is 0 Å². The number of aromatic nitrogens is 2. The minimum Gasteiger partial charge on any atom is -0.338 e. The first-order valence-electron chi connectivity index (χ1n) is 8.59. The summed E-state index contributed by atoms with van der Waals surface area (Å²) in [5.74, 6) is -0.557. The van der Waals surface area contributed by atoms with Crippen molar-refractivity contribution in [1.82, 2.24) is 15.3 Å². The smallest absolute Gasteiger partial charge is 0.323 e. The zero-order chi connectivity index (χ0) is 19.5. The third-order valence-corrected chi connectivity index (χ3v) is 5.78. The van der Waals surface area contributed by atoms with Gasteiger partial charge in [-0.05, 0) is 30.7 Å². The number of nitrogens with zero attached hydrogens (tertiary/aromatic N) is 3. The molecule has 2 aromatic heterocycles. The first-order valence-corrected chi connectivity index (χ1v) is 10.3. The normalized spacial score (nSPS) is 14.0. The van der Waals surface area contributed by atoms with Gasteiger partial charge in [-0.25, -0.2) is 19.2 Å². The quantitative estimate of drug-likeness (QED) is 0.665.